The lowest BCUT2D eigenvalue weighted by Crippen LogP contribution is -2.38. The molecule has 2 rings (SSSR count). The normalized spacial score (nSPS) is 16.1. The molecule has 2 N–H and O–H groups in total. The van der Waals surface area contributed by atoms with Crippen LogP contribution in [0.4, 0.5) is 0 Å². The average molecular weight is 521 g/mol. The molecule has 1 heterocycles. The van der Waals surface area contributed by atoms with Gasteiger partial charge in [-0.3, -0.25) is 0 Å². The Labute approximate surface area is 189 Å². The van der Waals surface area contributed by atoms with Gasteiger partial charge in [0.15, 0.2) is 5.96 Å². The van der Waals surface area contributed by atoms with Crippen molar-refractivity contribution in [3.8, 4) is 5.75 Å². The van der Waals surface area contributed by atoms with E-state index in [9.17, 15) is 4.79 Å². The molecule has 1 fully saturated rings. The molecule has 1 unspecified atom stereocenters. The fraction of sp³-hybridized carbons (Fsp3) is 0.600. The summed E-state index contributed by atoms with van der Waals surface area (Å²) in [5.41, 5.74) is 1.28. The van der Waals surface area contributed by atoms with Gasteiger partial charge in [0.25, 0.3) is 0 Å². The van der Waals surface area contributed by atoms with Gasteiger partial charge < -0.3 is 29.6 Å². The Bertz CT molecular complexity index is 651. The van der Waals surface area contributed by atoms with Crippen LogP contribution in [0.1, 0.15) is 35.7 Å². The minimum atomic E-state index is -0.430. The molecule has 1 saturated heterocycles. The van der Waals surface area contributed by atoms with Crippen molar-refractivity contribution in [1.82, 2.24) is 10.6 Å². The Morgan fingerprint density at radius 1 is 1.31 bits per heavy atom. The zero-order valence-electron chi connectivity index (χ0n) is 17.4. The molecule has 0 spiro atoms. The van der Waals surface area contributed by atoms with Crippen molar-refractivity contribution in [2.45, 2.75) is 32.4 Å². The van der Waals surface area contributed by atoms with Gasteiger partial charge in [-0.1, -0.05) is 6.07 Å². The van der Waals surface area contributed by atoms with E-state index in [1.54, 1.807) is 12.1 Å². The Morgan fingerprint density at radius 2 is 2.14 bits per heavy atom. The second kappa shape index (κ2) is 14.4. The van der Waals surface area contributed by atoms with Crippen LogP contribution in [0.5, 0.6) is 5.75 Å². The number of esters is 1. The van der Waals surface area contributed by atoms with E-state index in [0.29, 0.717) is 31.1 Å². The molecule has 0 bridgehead atoms. The highest BCUT2D eigenvalue weighted by Crippen LogP contribution is 2.21. The topological polar surface area (TPSA) is 90.4 Å². The zero-order valence-corrected chi connectivity index (χ0v) is 19.7. The number of ether oxygens (including phenoxy) is 4. The van der Waals surface area contributed by atoms with Crippen LogP contribution in [-0.2, 0) is 20.8 Å². The summed E-state index contributed by atoms with van der Waals surface area (Å²) in [6.07, 6.45) is 2.10. The minimum absolute atomic E-state index is 0. The quantitative estimate of drug-likeness (QED) is 0.161. The SMILES string of the molecule is CCNC(=NCc1ccc(OC)c(C(=O)OC)c1)NCCCOC1CCOC1.I. The number of hydrogen-bond acceptors (Lipinski definition) is 6. The van der Waals surface area contributed by atoms with Gasteiger partial charge in [0, 0.05) is 26.3 Å². The van der Waals surface area contributed by atoms with Crippen molar-refractivity contribution in [3.05, 3.63) is 29.3 Å². The number of carbonyl (C=O) groups is 1. The van der Waals surface area contributed by atoms with Gasteiger partial charge >= 0.3 is 5.97 Å². The maximum Gasteiger partial charge on any atom is 0.341 e. The van der Waals surface area contributed by atoms with Gasteiger partial charge in [0.2, 0.25) is 0 Å². The summed E-state index contributed by atoms with van der Waals surface area (Å²) in [4.78, 5) is 16.5. The number of guanidine groups is 1. The summed E-state index contributed by atoms with van der Waals surface area (Å²) >= 11 is 0. The highest BCUT2D eigenvalue weighted by molar-refractivity contribution is 14.0. The average Bonchev–Trinajstić information content (AvgIpc) is 3.24. The molecule has 0 radical (unpaired) electrons. The molecule has 164 valence electrons. The largest absolute Gasteiger partial charge is 0.496 e. The van der Waals surface area contributed by atoms with Crippen LogP contribution < -0.4 is 15.4 Å². The highest BCUT2D eigenvalue weighted by atomic mass is 127. The van der Waals surface area contributed by atoms with Crippen molar-refractivity contribution in [2.75, 3.05) is 47.1 Å². The van der Waals surface area contributed by atoms with Crippen LogP contribution in [-0.4, -0.2) is 65.2 Å². The third-order valence-electron chi connectivity index (χ3n) is 4.29. The summed E-state index contributed by atoms with van der Waals surface area (Å²) in [6, 6.07) is 5.38. The molecule has 8 nitrogen and oxygen atoms in total. The van der Waals surface area contributed by atoms with E-state index in [1.807, 2.05) is 13.0 Å². The standard InChI is InChI=1S/C20H31N3O5.HI/c1-4-21-20(22-9-5-10-28-16-8-11-27-14-16)23-13-15-6-7-18(25-2)17(12-15)19(24)26-3;/h6-7,12,16H,4-5,8-11,13-14H2,1-3H3,(H2,21,22,23);1H. The van der Waals surface area contributed by atoms with Gasteiger partial charge in [0.05, 0.1) is 33.5 Å². The summed E-state index contributed by atoms with van der Waals surface area (Å²) in [5, 5.41) is 6.52. The van der Waals surface area contributed by atoms with E-state index >= 15 is 0 Å². The molecule has 1 aromatic rings. The van der Waals surface area contributed by atoms with E-state index in [2.05, 4.69) is 15.6 Å². The predicted octanol–water partition coefficient (Wildman–Crippen LogP) is 2.35. The number of benzene rings is 1. The van der Waals surface area contributed by atoms with Crippen molar-refractivity contribution in [3.63, 3.8) is 0 Å². The number of methoxy groups -OCH3 is 2. The molecular formula is C20H32IN3O5. The number of carbonyl (C=O) groups excluding carboxylic acids is 1. The first-order chi connectivity index (χ1) is 13.7. The molecule has 1 aromatic carbocycles. The van der Waals surface area contributed by atoms with Crippen LogP contribution >= 0.6 is 24.0 Å². The molecule has 29 heavy (non-hydrogen) atoms. The molecule has 0 saturated carbocycles. The van der Waals surface area contributed by atoms with Gasteiger partial charge in [-0.25, -0.2) is 9.79 Å². The van der Waals surface area contributed by atoms with Gasteiger partial charge in [0.1, 0.15) is 11.3 Å². The van der Waals surface area contributed by atoms with Gasteiger partial charge in [-0.2, -0.15) is 0 Å². The lowest BCUT2D eigenvalue weighted by atomic mass is 10.1. The van der Waals surface area contributed by atoms with Crippen molar-refractivity contribution >= 4 is 35.9 Å². The third kappa shape index (κ3) is 8.75. The molecular weight excluding hydrogens is 489 g/mol. The Morgan fingerprint density at radius 3 is 2.79 bits per heavy atom. The fourth-order valence-corrected chi connectivity index (χ4v) is 2.81. The fourth-order valence-electron chi connectivity index (χ4n) is 2.81. The molecule has 1 aliphatic rings. The first-order valence-electron chi connectivity index (χ1n) is 9.64. The maximum atomic E-state index is 11.9. The number of nitrogens with zero attached hydrogens (tertiary/aromatic N) is 1. The van der Waals surface area contributed by atoms with Crippen molar-refractivity contribution in [1.29, 1.82) is 0 Å². The molecule has 0 aromatic heterocycles. The summed E-state index contributed by atoms with van der Waals surface area (Å²) in [5.74, 6) is 0.778. The number of nitrogens with one attached hydrogen (secondary N) is 2. The van der Waals surface area contributed by atoms with E-state index in [-0.39, 0.29) is 30.1 Å². The number of rotatable bonds is 10. The number of aliphatic imine (C=N–C) groups is 1. The van der Waals surface area contributed by atoms with Crippen LogP contribution in [0.25, 0.3) is 0 Å². The van der Waals surface area contributed by atoms with E-state index in [4.69, 9.17) is 18.9 Å². The van der Waals surface area contributed by atoms with Crippen LogP contribution in [0.3, 0.4) is 0 Å². The summed E-state index contributed by atoms with van der Waals surface area (Å²) < 4.78 is 21.1. The van der Waals surface area contributed by atoms with Crippen LogP contribution in [0, 0.1) is 0 Å². The highest BCUT2D eigenvalue weighted by Gasteiger charge is 2.15. The lowest BCUT2D eigenvalue weighted by Gasteiger charge is -2.13. The molecule has 0 aliphatic carbocycles. The molecule has 1 aliphatic heterocycles. The van der Waals surface area contributed by atoms with E-state index in [1.165, 1.54) is 14.2 Å². The van der Waals surface area contributed by atoms with Crippen molar-refractivity contribution < 1.29 is 23.7 Å². The predicted molar refractivity (Wildman–Crippen MR) is 122 cm³/mol. The van der Waals surface area contributed by atoms with Crippen molar-refractivity contribution in [2.24, 2.45) is 4.99 Å². The number of hydrogen-bond donors (Lipinski definition) is 2. The Balaban J connectivity index is 0.00000420. The van der Waals surface area contributed by atoms with E-state index in [0.717, 1.165) is 44.1 Å². The first kappa shape index (κ1) is 25.4. The molecule has 1 atom stereocenters. The third-order valence-corrected chi connectivity index (χ3v) is 4.29. The smallest absolute Gasteiger partial charge is 0.341 e. The van der Waals surface area contributed by atoms with Gasteiger partial charge in [-0.15, -0.1) is 24.0 Å². The summed E-state index contributed by atoms with van der Waals surface area (Å²) in [6.45, 7) is 6.16. The lowest BCUT2D eigenvalue weighted by molar-refractivity contribution is 0.0420. The molecule has 0 amide bonds. The minimum Gasteiger partial charge on any atom is -0.496 e. The maximum absolute atomic E-state index is 11.9. The monoisotopic (exact) mass is 521 g/mol. The Kier molecular flexibility index (Phi) is 12.6. The van der Waals surface area contributed by atoms with Crippen LogP contribution in [0.15, 0.2) is 23.2 Å². The zero-order chi connectivity index (χ0) is 20.2. The number of halogens is 1. The van der Waals surface area contributed by atoms with Crippen LogP contribution in [0.2, 0.25) is 0 Å². The summed E-state index contributed by atoms with van der Waals surface area (Å²) in [7, 11) is 2.87. The second-order valence-corrected chi connectivity index (χ2v) is 6.36. The van der Waals surface area contributed by atoms with E-state index < -0.39 is 5.97 Å². The first-order valence-corrected chi connectivity index (χ1v) is 9.64. The second-order valence-electron chi connectivity index (χ2n) is 6.36. The Hall–Kier alpha value is -1.59. The molecule has 9 heteroatoms. The van der Waals surface area contributed by atoms with Gasteiger partial charge in [-0.05, 0) is 37.5 Å².